The van der Waals surface area contributed by atoms with Crippen LogP contribution in [0.1, 0.15) is 30.1 Å². The molecule has 0 radical (unpaired) electrons. The summed E-state index contributed by atoms with van der Waals surface area (Å²) in [5.74, 6) is 0.0168. The molecule has 148 valence electrons. The first-order valence-corrected chi connectivity index (χ1v) is 9.71. The Morgan fingerprint density at radius 3 is 2.11 bits per heavy atom. The first kappa shape index (κ1) is 19.5. The maximum atomic E-state index is 12.7. The van der Waals surface area contributed by atoms with E-state index in [1.54, 1.807) is 23.8 Å². The van der Waals surface area contributed by atoms with Crippen LogP contribution in [0, 0.1) is 0 Å². The Bertz CT molecular complexity index is 633. The highest BCUT2D eigenvalue weighted by Crippen LogP contribution is 2.22. The van der Waals surface area contributed by atoms with E-state index < -0.39 is 0 Å². The van der Waals surface area contributed by atoms with E-state index in [-0.39, 0.29) is 12.0 Å². The van der Waals surface area contributed by atoms with Crippen LogP contribution in [0.4, 0.5) is 10.5 Å². The number of anilines is 1. The molecule has 2 saturated heterocycles. The Hall–Kier alpha value is -2.28. The Labute approximate surface area is 160 Å². The van der Waals surface area contributed by atoms with E-state index in [9.17, 15) is 9.59 Å². The average Bonchev–Trinajstić information content (AvgIpc) is 2.74. The highest BCUT2D eigenvalue weighted by molar-refractivity contribution is 5.94. The van der Waals surface area contributed by atoms with Crippen LogP contribution in [0.5, 0.6) is 0 Å². The first-order chi connectivity index (χ1) is 13.1. The van der Waals surface area contributed by atoms with Gasteiger partial charge in [0.2, 0.25) is 0 Å². The fraction of sp³-hybridized carbons (Fsp3) is 0.600. The van der Waals surface area contributed by atoms with Crippen molar-refractivity contribution in [2.75, 3.05) is 57.9 Å². The SMILES string of the molecule is CCOC(=O)N1CCN(C(=O)c2ccc(N3CCC(OC)CC3)cc2)CC1. The molecule has 0 spiro atoms. The van der Waals surface area contributed by atoms with Gasteiger partial charge in [-0.25, -0.2) is 4.79 Å². The number of rotatable bonds is 4. The summed E-state index contributed by atoms with van der Waals surface area (Å²) < 4.78 is 10.4. The van der Waals surface area contributed by atoms with Crippen molar-refractivity contribution < 1.29 is 19.1 Å². The summed E-state index contributed by atoms with van der Waals surface area (Å²) in [7, 11) is 1.77. The van der Waals surface area contributed by atoms with Crippen molar-refractivity contribution >= 4 is 17.7 Å². The molecule has 0 saturated carbocycles. The molecule has 0 bridgehead atoms. The van der Waals surface area contributed by atoms with E-state index in [0.717, 1.165) is 31.6 Å². The lowest BCUT2D eigenvalue weighted by molar-refractivity contribution is 0.0570. The zero-order valence-corrected chi connectivity index (χ0v) is 16.2. The monoisotopic (exact) mass is 375 g/mol. The minimum absolute atomic E-state index is 0.0168. The van der Waals surface area contributed by atoms with Gasteiger partial charge < -0.3 is 24.2 Å². The summed E-state index contributed by atoms with van der Waals surface area (Å²) in [6.07, 6.45) is 2.12. The van der Waals surface area contributed by atoms with Gasteiger partial charge in [-0.3, -0.25) is 4.79 Å². The van der Waals surface area contributed by atoms with Crippen molar-refractivity contribution in [2.45, 2.75) is 25.9 Å². The summed E-state index contributed by atoms with van der Waals surface area (Å²) in [6, 6.07) is 7.85. The molecule has 2 fully saturated rings. The van der Waals surface area contributed by atoms with Gasteiger partial charge in [0, 0.05) is 57.6 Å². The predicted molar refractivity (Wildman–Crippen MR) is 103 cm³/mol. The number of hydrogen-bond acceptors (Lipinski definition) is 5. The maximum absolute atomic E-state index is 12.7. The van der Waals surface area contributed by atoms with Crippen molar-refractivity contribution in [3.8, 4) is 0 Å². The highest BCUT2D eigenvalue weighted by Gasteiger charge is 2.26. The molecule has 3 rings (SSSR count). The minimum Gasteiger partial charge on any atom is -0.450 e. The molecule has 0 atom stereocenters. The Balaban J connectivity index is 1.53. The van der Waals surface area contributed by atoms with Crippen molar-refractivity contribution in [3.05, 3.63) is 29.8 Å². The van der Waals surface area contributed by atoms with Gasteiger partial charge in [0.1, 0.15) is 0 Å². The van der Waals surface area contributed by atoms with E-state index in [2.05, 4.69) is 4.90 Å². The number of piperazine rings is 1. The minimum atomic E-state index is -0.300. The van der Waals surface area contributed by atoms with E-state index in [1.165, 1.54) is 0 Å². The number of benzene rings is 1. The van der Waals surface area contributed by atoms with Gasteiger partial charge in [0.25, 0.3) is 5.91 Å². The number of hydrogen-bond donors (Lipinski definition) is 0. The van der Waals surface area contributed by atoms with E-state index in [4.69, 9.17) is 9.47 Å². The molecule has 1 aromatic rings. The smallest absolute Gasteiger partial charge is 0.409 e. The Morgan fingerprint density at radius 2 is 1.56 bits per heavy atom. The maximum Gasteiger partial charge on any atom is 0.409 e. The molecule has 0 aliphatic carbocycles. The second-order valence-corrected chi connectivity index (χ2v) is 6.95. The molecule has 0 unspecified atom stereocenters. The van der Waals surface area contributed by atoms with Crippen LogP contribution in [0.2, 0.25) is 0 Å². The second kappa shape index (κ2) is 9.08. The molecular formula is C20H29N3O4. The standard InChI is InChI=1S/C20H29N3O4/c1-3-27-20(25)23-14-12-22(13-15-23)19(24)16-4-6-17(7-5-16)21-10-8-18(26-2)9-11-21/h4-7,18H,3,8-15H2,1-2H3. The molecule has 2 heterocycles. The van der Waals surface area contributed by atoms with Gasteiger partial charge >= 0.3 is 6.09 Å². The van der Waals surface area contributed by atoms with Gasteiger partial charge in [0.15, 0.2) is 0 Å². The Morgan fingerprint density at radius 1 is 0.963 bits per heavy atom. The Kier molecular flexibility index (Phi) is 6.55. The molecule has 0 aromatic heterocycles. The normalized spacial score (nSPS) is 18.5. The molecule has 2 amide bonds. The lowest BCUT2D eigenvalue weighted by atomic mass is 10.1. The second-order valence-electron chi connectivity index (χ2n) is 6.95. The number of piperidine rings is 1. The van der Waals surface area contributed by atoms with Crippen LogP contribution in [0.3, 0.4) is 0 Å². The van der Waals surface area contributed by atoms with E-state index in [0.29, 0.717) is 44.5 Å². The number of carbonyl (C=O) groups excluding carboxylic acids is 2. The average molecular weight is 375 g/mol. The van der Waals surface area contributed by atoms with Crippen LogP contribution in [-0.4, -0.2) is 80.9 Å². The van der Waals surface area contributed by atoms with Gasteiger partial charge in [-0.1, -0.05) is 0 Å². The van der Waals surface area contributed by atoms with Crippen LogP contribution in [0.25, 0.3) is 0 Å². The number of amides is 2. The molecule has 2 aliphatic heterocycles. The van der Waals surface area contributed by atoms with Crippen molar-refractivity contribution in [1.29, 1.82) is 0 Å². The molecule has 0 N–H and O–H groups in total. The third-order valence-corrected chi connectivity index (χ3v) is 5.35. The quantitative estimate of drug-likeness (QED) is 0.808. The van der Waals surface area contributed by atoms with Crippen LogP contribution in [-0.2, 0) is 9.47 Å². The molecule has 2 aliphatic rings. The number of carbonyl (C=O) groups is 2. The third-order valence-electron chi connectivity index (χ3n) is 5.35. The predicted octanol–water partition coefficient (Wildman–Crippen LogP) is 2.22. The van der Waals surface area contributed by atoms with Gasteiger partial charge in [-0.2, -0.15) is 0 Å². The topological polar surface area (TPSA) is 62.3 Å². The van der Waals surface area contributed by atoms with E-state index >= 15 is 0 Å². The summed E-state index contributed by atoms with van der Waals surface area (Å²) in [6.45, 7) is 6.19. The van der Waals surface area contributed by atoms with Crippen molar-refractivity contribution in [1.82, 2.24) is 9.80 Å². The lowest BCUT2D eigenvalue weighted by Gasteiger charge is -2.34. The zero-order chi connectivity index (χ0) is 19.2. The van der Waals surface area contributed by atoms with Crippen molar-refractivity contribution in [3.63, 3.8) is 0 Å². The lowest BCUT2D eigenvalue weighted by Crippen LogP contribution is -2.50. The summed E-state index contributed by atoms with van der Waals surface area (Å²) in [5.41, 5.74) is 1.84. The number of methoxy groups -OCH3 is 1. The first-order valence-electron chi connectivity index (χ1n) is 9.71. The molecule has 1 aromatic carbocycles. The van der Waals surface area contributed by atoms with Gasteiger partial charge in [0.05, 0.1) is 12.7 Å². The fourth-order valence-corrected chi connectivity index (χ4v) is 3.65. The highest BCUT2D eigenvalue weighted by atomic mass is 16.6. The number of nitrogens with zero attached hydrogens (tertiary/aromatic N) is 3. The van der Waals surface area contributed by atoms with Crippen molar-refractivity contribution in [2.24, 2.45) is 0 Å². The zero-order valence-electron chi connectivity index (χ0n) is 16.2. The van der Waals surface area contributed by atoms with E-state index in [1.807, 2.05) is 24.3 Å². The summed E-state index contributed by atoms with van der Waals surface area (Å²) in [4.78, 5) is 30.3. The van der Waals surface area contributed by atoms with Gasteiger partial charge in [-0.15, -0.1) is 0 Å². The fourth-order valence-electron chi connectivity index (χ4n) is 3.65. The van der Waals surface area contributed by atoms with Gasteiger partial charge in [-0.05, 0) is 44.0 Å². The van der Waals surface area contributed by atoms with Crippen LogP contribution >= 0.6 is 0 Å². The molecular weight excluding hydrogens is 346 g/mol. The summed E-state index contributed by atoms with van der Waals surface area (Å²) in [5, 5.41) is 0. The number of ether oxygens (including phenoxy) is 2. The van der Waals surface area contributed by atoms with Crippen LogP contribution < -0.4 is 4.90 Å². The molecule has 7 heteroatoms. The summed E-state index contributed by atoms with van der Waals surface area (Å²) >= 11 is 0. The van der Waals surface area contributed by atoms with Crippen LogP contribution in [0.15, 0.2) is 24.3 Å². The molecule has 7 nitrogen and oxygen atoms in total. The molecule has 27 heavy (non-hydrogen) atoms. The largest absolute Gasteiger partial charge is 0.450 e. The third kappa shape index (κ3) is 4.71.